The van der Waals surface area contributed by atoms with Crippen LogP contribution >= 0.6 is 0 Å². The molecule has 30 heavy (non-hydrogen) atoms. The van der Waals surface area contributed by atoms with Crippen LogP contribution in [0.15, 0.2) is 11.6 Å². The van der Waals surface area contributed by atoms with Crippen molar-refractivity contribution < 1.29 is 34.0 Å². The minimum absolute atomic E-state index is 0.187. The van der Waals surface area contributed by atoms with Crippen molar-refractivity contribution in [1.29, 1.82) is 0 Å². The van der Waals surface area contributed by atoms with E-state index in [1.165, 1.54) is 20.1 Å². The third-order valence-corrected chi connectivity index (χ3v) is 8.97. The average molecular weight is 423 g/mol. The Labute approximate surface area is 177 Å². The van der Waals surface area contributed by atoms with Gasteiger partial charge < -0.3 is 24.4 Å². The number of carbonyl (C=O) groups excluding carboxylic acids is 2. The molecule has 168 valence electrons. The summed E-state index contributed by atoms with van der Waals surface area (Å²) < 4.78 is 17.1. The van der Waals surface area contributed by atoms with Gasteiger partial charge in [-0.05, 0) is 30.1 Å². The number of hydrogen-bond donors (Lipinski definition) is 2. The van der Waals surface area contributed by atoms with E-state index in [0.29, 0.717) is 12.0 Å². The molecule has 7 nitrogen and oxygen atoms in total. The Morgan fingerprint density at radius 3 is 2.53 bits per heavy atom. The van der Waals surface area contributed by atoms with Crippen molar-refractivity contribution in [1.82, 2.24) is 0 Å². The van der Waals surface area contributed by atoms with Gasteiger partial charge in [-0.15, -0.1) is 0 Å². The van der Waals surface area contributed by atoms with E-state index in [1.54, 1.807) is 0 Å². The Morgan fingerprint density at radius 2 is 1.93 bits per heavy atom. The molecule has 0 unspecified atom stereocenters. The minimum Gasteiger partial charge on any atom is -0.459 e. The van der Waals surface area contributed by atoms with Crippen molar-refractivity contribution in [2.45, 2.75) is 83.9 Å². The SMILES string of the molecule is CO[C@@]12C[C@H]3[C@@H]([C@@H](OC(C)=O)[C@@H](O)[C@@]4(O)C(C)(C)CCC[C@]34C)[C@@H](C)C1=CC(=O)O2. The zero-order valence-electron chi connectivity index (χ0n) is 18.7. The first kappa shape index (κ1) is 21.8. The van der Waals surface area contributed by atoms with Gasteiger partial charge >= 0.3 is 11.9 Å². The molecule has 7 heteroatoms. The van der Waals surface area contributed by atoms with E-state index >= 15 is 0 Å². The lowest BCUT2D eigenvalue weighted by Gasteiger charge is -2.69. The second kappa shape index (κ2) is 6.53. The number of methoxy groups -OCH3 is 1. The van der Waals surface area contributed by atoms with Crippen LogP contribution in [0.2, 0.25) is 0 Å². The lowest BCUT2D eigenvalue weighted by molar-refractivity contribution is -0.332. The van der Waals surface area contributed by atoms with Crippen LogP contribution in [0.25, 0.3) is 0 Å². The second-order valence-corrected chi connectivity index (χ2v) is 10.6. The van der Waals surface area contributed by atoms with Crippen LogP contribution < -0.4 is 0 Å². The van der Waals surface area contributed by atoms with E-state index < -0.39 is 46.4 Å². The first-order valence-corrected chi connectivity index (χ1v) is 10.9. The van der Waals surface area contributed by atoms with Crippen LogP contribution in [0.5, 0.6) is 0 Å². The zero-order valence-corrected chi connectivity index (χ0v) is 18.7. The van der Waals surface area contributed by atoms with Gasteiger partial charge in [0, 0.05) is 43.4 Å². The fourth-order valence-electron chi connectivity index (χ4n) is 7.55. The fraction of sp³-hybridized carbons (Fsp3) is 0.826. The lowest BCUT2D eigenvalue weighted by Crippen LogP contribution is -2.77. The Hall–Kier alpha value is -1.44. The summed E-state index contributed by atoms with van der Waals surface area (Å²) in [6.45, 7) is 9.25. The van der Waals surface area contributed by atoms with E-state index in [1.807, 2.05) is 27.7 Å². The molecule has 1 aliphatic heterocycles. The Bertz CT molecular complexity index is 803. The van der Waals surface area contributed by atoms with Crippen LogP contribution in [-0.4, -0.2) is 52.9 Å². The highest BCUT2D eigenvalue weighted by Gasteiger charge is 2.74. The summed E-state index contributed by atoms with van der Waals surface area (Å²) >= 11 is 0. The molecule has 0 bridgehead atoms. The van der Waals surface area contributed by atoms with Gasteiger partial charge in [-0.25, -0.2) is 4.79 Å². The van der Waals surface area contributed by atoms with Gasteiger partial charge in [-0.2, -0.15) is 0 Å². The van der Waals surface area contributed by atoms with Crippen molar-refractivity contribution in [3.05, 3.63) is 11.6 Å². The van der Waals surface area contributed by atoms with Gasteiger partial charge in [0.25, 0.3) is 0 Å². The molecular weight excluding hydrogens is 388 g/mol. The number of aliphatic hydroxyl groups is 2. The molecule has 8 atom stereocenters. The van der Waals surface area contributed by atoms with E-state index in [-0.39, 0.29) is 17.8 Å². The highest BCUT2D eigenvalue weighted by Crippen LogP contribution is 2.68. The Morgan fingerprint density at radius 1 is 1.27 bits per heavy atom. The van der Waals surface area contributed by atoms with E-state index in [4.69, 9.17) is 14.2 Å². The normalized spacial score (nSPS) is 49.3. The molecule has 0 aromatic carbocycles. The minimum atomic E-state index is -1.47. The molecule has 0 saturated heterocycles. The maximum atomic E-state index is 12.2. The van der Waals surface area contributed by atoms with Crippen LogP contribution in [0.1, 0.15) is 60.3 Å². The zero-order chi connectivity index (χ0) is 22.3. The average Bonchev–Trinajstić information content (AvgIpc) is 3.00. The molecule has 4 rings (SSSR count). The first-order chi connectivity index (χ1) is 13.8. The van der Waals surface area contributed by atoms with Crippen LogP contribution in [0.3, 0.4) is 0 Å². The number of aliphatic hydroxyl groups excluding tert-OH is 1. The Kier molecular flexibility index (Phi) is 4.74. The van der Waals surface area contributed by atoms with E-state index in [0.717, 1.165) is 19.3 Å². The van der Waals surface area contributed by atoms with Gasteiger partial charge in [-0.3, -0.25) is 4.79 Å². The van der Waals surface area contributed by atoms with Crippen LogP contribution in [0, 0.1) is 28.6 Å². The molecule has 0 spiro atoms. The van der Waals surface area contributed by atoms with Crippen molar-refractivity contribution >= 4 is 11.9 Å². The molecule has 0 aromatic rings. The van der Waals surface area contributed by atoms with E-state index in [2.05, 4.69) is 0 Å². The topological polar surface area (TPSA) is 102 Å². The maximum Gasteiger partial charge on any atom is 0.333 e. The number of hydrogen-bond acceptors (Lipinski definition) is 7. The molecule has 3 fully saturated rings. The maximum absolute atomic E-state index is 12.2. The molecule has 4 aliphatic rings. The molecule has 0 radical (unpaired) electrons. The molecule has 3 saturated carbocycles. The number of fused-ring (bicyclic) bond motifs is 4. The second-order valence-electron chi connectivity index (χ2n) is 10.6. The van der Waals surface area contributed by atoms with Crippen LogP contribution in [0.4, 0.5) is 0 Å². The quantitative estimate of drug-likeness (QED) is 0.659. The summed E-state index contributed by atoms with van der Waals surface area (Å²) in [4.78, 5) is 24.2. The highest BCUT2D eigenvalue weighted by atomic mass is 16.7. The van der Waals surface area contributed by atoms with Crippen molar-refractivity contribution in [2.75, 3.05) is 7.11 Å². The summed E-state index contributed by atoms with van der Waals surface area (Å²) in [5, 5.41) is 23.8. The summed E-state index contributed by atoms with van der Waals surface area (Å²) in [6.07, 6.45) is 2.09. The molecular formula is C23H34O7. The number of esters is 2. The molecule has 0 amide bonds. The monoisotopic (exact) mass is 422 g/mol. The van der Waals surface area contributed by atoms with Crippen molar-refractivity contribution in [3.63, 3.8) is 0 Å². The number of carbonyl (C=O) groups is 2. The van der Waals surface area contributed by atoms with Gasteiger partial charge in [-0.1, -0.05) is 34.1 Å². The molecule has 3 aliphatic carbocycles. The summed E-state index contributed by atoms with van der Waals surface area (Å²) in [5.41, 5.74) is -2.02. The number of ether oxygens (including phenoxy) is 3. The predicted molar refractivity (Wildman–Crippen MR) is 107 cm³/mol. The molecule has 2 N–H and O–H groups in total. The number of rotatable bonds is 2. The lowest BCUT2D eigenvalue weighted by atomic mass is 9.39. The largest absolute Gasteiger partial charge is 0.459 e. The Balaban J connectivity index is 1.91. The third-order valence-electron chi connectivity index (χ3n) is 8.97. The highest BCUT2D eigenvalue weighted by molar-refractivity contribution is 5.86. The van der Waals surface area contributed by atoms with Crippen molar-refractivity contribution in [3.8, 4) is 0 Å². The van der Waals surface area contributed by atoms with Gasteiger partial charge in [0.1, 0.15) is 17.8 Å². The first-order valence-electron chi connectivity index (χ1n) is 10.9. The van der Waals surface area contributed by atoms with E-state index in [9.17, 15) is 19.8 Å². The summed E-state index contributed by atoms with van der Waals surface area (Å²) in [7, 11) is 1.53. The van der Waals surface area contributed by atoms with Gasteiger partial charge in [0.05, 0.1) is 0 Å². The molecule has 0 aromatic heterocycles. The fourth-order valence-corrected chi connectivity index (χ4v) is 7.55. The van der Waals surface area contributed by atoms with Crippen LogP contribution in [-0.2, 0) is 23.8 Å². The molecule has 1 heterocycles. The van der Waals surface area contributed by atoms with Gasteiger partial charge in [0.2, 0.25) is 5.79 Å². The van der Waals surface area contributed by atoms with Crippen molar-refractivity contribution in [2.24, 2.45) is 28.6 Å². The predicted octanol–water partition coefficient (Wildman–Crippen LogP) is 2.34. The summed E-state index contributed by atoms with van der Waals surface area (Å²) in [5.74, 6) is -2.82. The third kappa shape index (κ3) is 2.49. The summed E-state index contributed by atoms with van der Waals surface area (Å²) in [6, 6.07) is 0. The van der Waals surface area contributed by atoms with Gasteiger partial charge in [0.15, 0.2) is 0 Å². The smallest absolute Gasteiger partial charge is 0.333 e. The standard InChI is InChI=1S/C23H34O7/c1-12-14-10-16(25)30-22(14,28-6)11-15-17(12)18(29-13(2)24)19(26)23(27)20(3,4)8-7-9-21(15,23)5/h10,12,15,17-19,26-27H,7-9,11H2,1-6H3/t12-,15-,17-,18+,19+,21+,22+,23+/m0/s1.